The molecule has 200 valence electrons. The van der Waals surface area contributed by atoms with E-state index in [2.05, 4.69) is 19.1 Å². The second-order valence-corrected chi connectivity index (χ2v) is 12.3. The molecule has 0 spiro atoms. The Morgan fingerprint density at radius 2 is 1.36 bits per heavy atom. The maximum Gasteiger partial charge on any atom is 0.400 e. The third kappa shape index (κ3) is 6.31. The highest BCUT2D eigenvalue weighted by Gasteiger charge is 2.45. The van der Waals surface area contributed by atoms with Gasteiger partial charge >= 0.3 is 6.11 Å². The fraction of sp³-hybridized carbons (Fsp3) is 0.742. The van der Waals surface area contributed by atoms with Gasteiger partial charge in [0.25, 0.3) is 0 Å². The van der Waals surface area contributed by atoms with Crippen LogP contribution < -0.4 is 4.74 Å². The maximum atomic E-state index is 15.1. The predicted molar refractivity (Wildman–Crippen MR) is 137 cm³/mol. The highest BCUT2D eigenvalue weighted by Crippen LogP contribution is 2.46. The third-order valence-electron chi connectivity index (χ3n) is 9.67. The molecule has 1 aromatic carbocycles. The van der Waals surface area contributed by atoms with Gasteiger partial charge in [0.2, 0.25) is 0 Å². The van der Waals surface area contributed by atoms with E-state index in [1.165, 1.54) is 51.4 Å². The van der Waals surface area contributed by atoms with E-state index in [4.69, 9.17) is 9.47 Å². The molecular formula is C31H43F3O2. The number of halogens is 3. The Kier molecular flexibility index (Phi) is 8.05. The standard InChI is InChI=1S/C31H43F3O2/c1-20-3-5-22(6-4-20)7-8-23-9-11-24(12-10-23)25-13-15-26(16-14-25)31(33,34)36-29-18-28(32)27(17-21(29)2)30-19-35-30/h7-8,17-18,20,22-26,30H,3-6,9-16,19H2,1-2H3/b8-7+. The number of alkyl halides is 2. The molecule has 1 aromatic rings. The zero-order valence-corrected chi connectivity index (χ0v) is 22.0. The quantitative estimate of drug-likeness (QED) is 0.273. The van der Waals surface area contributed by atoms with Crippen LogP contribution in [0.5, 0.6) is 5.75 Å². The first kappa shape index (κ1) is 26.1. The van der Waals surface area contributed by atoms with Crippen molar-refractivity contribution >= 4 is 0 Å². The lowest BCUT2D eigenvalue weighted by Gasteiger charge is -2.39. The molecule has 0 amide bonds. The van der Waals surface area contributed by atoms with Crippen molar-refractivity contribution in [3.05, 3.63) is 41.2 Å². The summed E-state index contributed by atoms with van der Waals surface area (Å²) in [6.45, 7) is 4.54. The number of aryl methyl sites for hydroxylation is 1. The number of benzene rings is 1. The topological polar surface area (TPSA) is 21.8 Å². The van der Waals surface area contributed by atoms with Gasteiger partial charge in [-0.15, -0.1) is 0 Å². The summed E-state index contributed by atoms with van der Waals surface area (Å²) in [4.78, 5) is 0. The molecular weight excluding hydrogens is 461 g/mol. The van der Waals surface area contributed by atoms with Crippen molar-refractivity contribution in [2.75, 3.05) is 6.61 Å². The Balaban J connectivity index is 1.07. The van der Waals surface area contributed by atoms with Gasteiger partial charge in [0.15, 0.2) is 0 Å². The van der Waals surface area contributed by atoms with Gasteiger partial charge in [0.1, 0.15) is 17.7 Å². The minimum atomic E-state index is -3.28. The first-order valence-electron chi connectivity index (χ1n) is 14.4. The van der Waals surface area contributed by atoms with Crippen molar-refractivity contribution < 1.29 is 22.6 Å². The Bertz CT molecular complexity index is 901. The normalized spacial score (nSPS) is 35.6. The molecule has 36 heavy (non-hydrogen) atoms. The highest BCUT2D eigenvalue weighted by atomic mass is 19.3. The van der Waals surface area contributed by atoms with E-state index >= 15 is 8.78 Å². The predicted octanol–water partition coefficient (Wildman–Crippen LogP) is 9.17. The van der Waals surface area contributed by atoms with Crippen molar-refractivity contribution in [3.8, 4) is 5.75 Å². The molecule has 2 nitrogen and oxygen atoms in total. The fourth-order valence-electron chi connectivity index (χ4n) is 7.03. The number of epoxide rings is 1. The first-order chi connectivity index (χ1) is 17.3. The fourth-order valence-corrected chi connectivity index (χ4v) is 7.03. The molecule has 0 N–H and O–H groups in total. The monoisotopic (exact) mass is 504 g/mol. The molecule has 1 saturated heterocycles. The van der Waals surface area contributed by atoms with E-state index in [1.54, 1.807) is 13.0 Å². The summed E-state index contributed by atoms with van der Waals surface area (Å²) in [5.41, 5.74) is 0.955. The molecule has 5 heteroatoms. The zero-order valence-electron chi connectivity index (χ0n) is 22.0. The van der Waals surface area contributed by atoms with Crippen LogP contribution in [0.15, 0.2) is 24.3 Å². The van der Waals surface area contributed by atoms with Crippen molar-refractivity contribution in [1.29, 1.82) is 0 Å². The van der Waals surface area contributed by atoms with Crippen LogP contribution in [0, 0.1) is 48.2 Å². The van der Waals surface area contributed by atoms with Crippen LogP contribution in [-0.4, -0.2) is 12.7 Å². The van der Waals surface area contributed by atoms with E-state index in [1.807, 2.05) is 0 Å². The van der Waals surface area contributed by atoms with Gasteiger partial charge in [0.05, 0.1) is 12.5 Å². The van der Waals surface area contributed by atoms with E-state index in [9.17, 15) is 4.39 Å². The number of hydrogen-bond donors (Lipinski definition) is 0. The lowest BCUT2D eigenvalue weighted by Crippen LogP contribution is -2.38. The summed E-state index contributed by atoms with van der Waals surface area (Å²) in [5.74, 6) is 2.22. The Hall–Kier alpha value is -1.49. The zero-order chi connectivity index (χ0) is 25.3. The average Bonchev–Trinajstić information content (AvgIpc) is 3.71. The van der Waals surface area contributed by atoms with Gasteiger partial charge in [-0.1, -0.05) is 31.9 Å². The lowest BCUT2D eigenvalue weighted by atomic mass is 9.69. The number of rotatable bonds is 7. The minimum Gasteiger partial charge on any atom is -0.432 e. The van der Waals surface area contributed by atoms with Crippen LogP contribution in [0.4, 0.5) is 13.2 Å². The Morgan fingerprint density at radius 1 is 0.833 bits per heavy atom. The van der Waals surface area contributed by atoms with Crippen LogP contribution >= 0.6 is 0 Å². The van der Waals surface area contributed by atoms with E-state index in [0.29, 0.717) is 48.3 Å². The van der Waals surface area contributed by atoms with Gasteiger partial charge in [-0.2, -0.15) is 8.78 Å². The second-order valence-electron chi connectivity index (χ2n) is 12.3. The largest absolute Gasteiger partial charge is 0.432 e. The molecule has 1 unspecified atom stereocenters. The average molecular weight is 505 g/mol. The number of hydrogen-bond acceptors (Lipinski definition) is 2. The molecule has 0 radical (unpaired) electrons. The number of allylic oxidation sites excluding steroid dienone is 2. The first-order valence-corrected chi connectivity index (χ1v) is 14.4. The summed E-state index contributed by atoms with van der Waals surface area (Å²) in [6, 6.07) is 2.68. The molecule has 1 atom stereocenters. The maximum absolute atomic E-state index is 15.1. The molecule has 1 heterocycles. The molecule has 1 aliphatic heterocycles. The third-order valence-corrected chi connectivity index (χ3v) is 9.67. The van der Waals surface area contributed by atoms with Gasteiger partial charge in [-0.25, -0.2) is 4.39 Å². The van der Waals surface area contributed by atoms with Crippen LogP contribution in [-0.2, 0) is 4.74 Å². The van der Waals surface area contributed by atoms with Crippen molar-refractivity contribution in [3.63, 3.8) is 0 Å². The Labute approximate surface area is 215 Å². The van der Waals surface area contributed by atoms with Crippen LogP contribution in [0.2, 0.25) is 0 Å². The van der Waals surface area contributed by atoms with E-state index in [0.717, 1.165) is 30.7 Å². The molecule has 4 fully saturated rings. The van der Waals surface area contributed by atoms with Crippen molar-refractivity contribution in [2.24, 2.45) is 35.5 Å². The smallest absolute Gasteiger partial charge is 0.400 e. The SMILES string of the molecule is Cc1cc(C2CO2)c(F)cc1OC(F)(F)C1CCC(C2CCC(/C=C/C3CCC(C)CC3)CC2)CC1. The van der Waals surface area contributed by atoms with Crippen molar-refractivity contribution in [1.82, 2.24) is 0 Å². The highest BCUT2D eigenvalue weighted by molar-refractivity contribution is 5.39. The van der Waals surface area contributed by atoms with Gasteiger partial charge in [0, 0.05) is 11.6 Å². The molecule has 4 aliphatic rings. The summed E-state index contributed by atoms with van der Waals surface area (Å²) >= 11 is 0. The van der Waals surface area contributed by atoms with Gasteiger partial charge in [-0.05, 0) is 112 Å². The summed E-state index contributed by atoms with van der Waals surface area (Å²) in [6.07, 6.45) is 14.5. The second kappa shape index (κ2) is 11.1. The molecule has 0 aromatic heterocycles. The van der Waals surface area contributed by atoms with Crippen LogP contribution in [0.1, 0.15) is 101 Å². The summed E-state index contributed by atoms with van der Waals surface area (Å²) in [5, 5.41) is 0. The van der Waals surface area contributed by atoms with E-state index < -0.39 is 17.8 Å². The van der Waals surface area contributed by atoms with Crippen molar-refractivity contribution in [2.45, 2.75) is 103 Å². The molecule has 3 aliphatic carbocycles. The molecule has 3 saturated carbocycles. The van der Waals surface area contributed by atoms with Crippen LogP contribution in [0.25, 0.3) is 0 Å². The van der Waals surface area contributed by atoms with Crippen LogP contribution in [0.3, 0.4) is 0 Å². The molecule has 0 bridgehead atoms. The van der Waals surface area contributed by atoms with E-state index in [-0.39, 0.29) is 11.9 Å². The lowest BCUT2D eigenvalue weighted by molar-refractivity contribution is -0.224. The summed E-state index contributed by atoms with van der Waals surface area (Å²) in [7, 11) is 0. The molecule has 5 rings (SSSR count). The Morgan fingerprint density at radius 3 is 1.92 bits per heavy atom. The number of ether oxygens (including phenoxy) is 2. The van der Waals surface area contributed by atoms with Gasteiger partial charge < -0.3 is 9.47 Å². The van der Waals surface area contributed by atoms with Gasteiger partial charge in [-0.3, -0.25) is 0 Å². The minimum absolute atomic E-state index is 0.0573. The summed E-state index contributed by atoms with van der Waals surface area (Å²) < 4.78 is 54.8.